The zero-order valence-corrected chi connectivity index (χ0v) is 22.2. The van der Waals surface area contributed by atoms with E-state index < -0.39 is 0 Å². The summed E-state index contributed by atoms with van der Waals surface area (Å²) in [6.07, 6.45) is 4.77. The number of para-hydroxylation sites is 1. The predicted molar refractivity (Wildman–Crippen MR) is 150 cm³/mol. The van der Waals surface area contributed by atoms with Gasteiger partial charge in [0.2, 0.25) is 0 Å². The maximum atomic E-state index is 10.7. The molecule has 2 heterocycles. The van der Waals surface area contributed by atoms with Crippen LogP contribution in [0.1, 0.15) is 55.3 Å². The molecular weight excluding hydrogens is 476 g/mol. The van der Waals surface area contributed by atoms with Crippen molar-refractivity contribution in [1.29, 1.82) is 0 Å². The highest BCUT2D eigenvalue weighted by Crippen LogP contribution is 2.42. The minimum atomic E-state index is -0.0243. The van der Waals surface area contributed by atoms with Crippen molar-refractivity contribution < 1.29 is 19.0 Å². The lowest BCUT2D eigenvalue weighted by Crippen LogP contribution is -2.43. The first-order chi connectivity index (χ1) is 18.5. The van der Waals surface area contributed by atoms with Crippen LogP contribution in [0, 0.1) is 5.41 Å². The molecule has 2 aliphatic heterocycles. The molecule has 0 aromatic heterocycles. The van der Waals surface area contributed by atoms with Gasteiger partial charge in [0, 0.05) is 43.6 Å². The number of carbonyl (C=O) groups is 1. The van der Waals surface area contributed by atoms with E-state index in [4.69, 9.17) is 19.9 Å². The SMILES string of the molecule is C[C@H](N)c1cccc(-c2cc(COc3ccccc3COC=O)cc(N3CCC4(CCOCC4)CC3)c2)c1. The number of nitrogens with two attached hydrogens (primary N) is 1. The van der Waals surface area contributed by atoms with Crippen molar-refractivity contribution in [2.24, 2.45) is 11.1 Å². The predicted octanol–water partition coefficient (Wildman–Crippen LogP) is 6.02. The van der Waals surface area contributed by atoms with Crippen molar-refractivity contribution in [3.8, 4) is 16.9 Å². The fraction of sp³-hybridized carbons (Fsp3) is 0.406. The van der Waals surface area contributed by atoms with Crippen LogP contribution >= 0.6 is 0 Å². The summed E-state index contributed by atoms with van der Waals surface area (Å²) in [5, 5.41) is 0. The molecule has 0 saturated carbocycles. The highest BCUT2D eigenvalue weighted by molar-refractivity contribution is 5.70. The van der Waals surface area contributed by atoms with Gasteiger partial charge >= 0.3 is 0 Å². The van der Waals surface area contributed by atoms with E-state index in [1.54, 1.807) is 0 Å². The minimum Gasteiger partial charge on any atom is -0.488 e. The second-order valence-corrected chi connectivity index (χ2v) is 10.7. The molecule has 0 unspecified atom stereocenters. The Bertz CT molecular complexity index is 1230. The van der Waals surface area contributed by atoms with Gasteiger partial charge in [0.25, 0.3) is 6.47 Å². The molecule has 2 saturated heterocycles. The van der Waals surface area contributed by atoms with Crippen LogP contribution in [-0.2, 0) is 27.5 Å². The molecule has 0 amide bonds. The van der Waals surface area contributed by atoms with E-state index in [1.165, 1.54) is 31.4 Å². The zero-order valence-electron chi connectivity index (χ0n) is 22.2. The van der Waals surface area contributed by atoms with Crippen molar-refractivity contribution in [2.75, 3.05) is 31.2 Å². The van der Waals surface area contributed by atoms with Gasteiger partial charge < -0.3 is 24.8 Å². The quantitative estimate of drug-likeness (QED) is 0.352. The molecule has 2 N–H and O–H groups in total. The Morgan fingerprint density at radius 1 is 0.947 bits per heavy atom. The molecule has 38 heavy (non-hydrogen) atoms. The molecule has 1 atom stereocenters. The fourth-order valence-electron chi connectivity index (χ4n) is 5.70. The zero-order chi connectivity index (χ0) is 26.4. The first-order valence-corrected chi connectivity index (χ1v) is 13.6. The molecule has 2 aliphatic rings. The normalized spacial score (nSPS) is 17.7. The van der Waals surface area contributed by atoms with Crippen LogP contribution in [0.5, 0.6) is 5.75 Å². The van der Waals surface area contributed by atoms with Crippen LogP contribution in [0.3, 0.4) is 0 Å². The summed E-state index contributed by atoms with van der Waals surface area (Å²) in [6, 6.07) is 22.9. The first-order valence-electron chi connectivity index (χ1n) is 13.6. The molecule has 200 valence electrons. The third-order valence-electron chi connectivity index (χ3n) is 8.14. The van der Waals surface area contributed by atoms with Gasteiger partial charge in [-0.15, -0.1) is 0 Å². The summed E-state index contributed by atoms with van der Waals surface area (Å²) in [6.45, 7) is 6.98. The standard InChI is InChI=1S/C32H38N2O4/c1-24(33)26-6-4-7-27(19-26)29-17-25(21-38-31-8-3-2-5-28(31)22-37-23-35)18-30(20-29)34-13-9-32(10-14-34)11-15-36-16-12-32/h2-8,17-20,23-24H,9-16,21-22,33H2,1H3/t24-/m0/s1. The molecule has 6 heteroatoms. The van der Waals surface area contributed by atoms with Gasteiger partial charge in [-0.1, -0.05) is 36.4 Å². The van der Waals surface area contributed by atoms with E-state index >= 15 is 0 Å². The Labute approximate surface area is 225 Å². The van der Waals surface area contributed by atoms with Gasteiger partial charge in [0.15, 0.2) is 0 Å². The second kappa shape index (κ2) is 12.0. The van der Waals surface area contributed by atoms with Gasteiger partial charge in [0.1, 0.15) is 19.0 Å². The molecule has 3 aromatic carbocycles. The average Bonchev–Trinajstić information content (AvgIpc) is 2.96. The lowest BCUT2D eigenvalue weighted by Gasteiger charge is -2.45. The van der Waals surface area contributed by atoms with Crippen molar-refractivity contribution >= 4 is 12.2 Å². The summed E-state index contributed by atoms with van der Waals surface area (Å²) in [4.78, 5) is 13.2. The van der Waals surface area contributed by atoms with Crippen molar-refractivity contribution in [2.45, 2.75) is 51.9 Å². The van der Waals surface area contributed by atoms with Crippen LogP contribution in [0.4, 0.5) is 5.69 Å². The third-order valence-corrected chi connectivity index (χ3v) is 8.14. The molecule has 0 radical (unpaired) electrons. The number of benzene rings is 3. The summed E-state index contributed by atoms with van der Waals surface area (Å²) >= 11 is 0. The number of anilines is 1. The van der Waals surface area contributed by atoms with Crippen molar-refractivity contribution in [1.82, 2.24) is 0 Å². The van der Waals surface area contributed by atoms with Crippen LogP contribution in [-0.4, -0.2) is 32.8 Å². The number of nitrogens with zero attached hydrogens (tertiary/aromatic N) is 1. The van der Waals surface area contributed by atoms with E-state index in [9.17, 15) is 4.79 Å². The first kappa shape index (κ1) is 26.3. The number of ether oxygens (including phenoxy) is 3. The molecule has 2 fully saturated rings. The highest BCUT2D eigenvalue weighted by Gasteiger charge is 2.36. The smallest absolute Gasteiger partial charge is 0.293 e. The topological polar surface area (TPSA) is 74.0 Å². The summed E-state index contributed by atoms with van der Waals surface area (Å²) in [7, 11) is 0. The number of piperidine rings is 1. The molecule has 1 spiro atoms. The monoisotopic (exact) mass is 514 g/mol. The summed E-state index contributed by atoms with van der Waals surface area (Å²) in [5.74, 6) is 0.722. The lowest BCUT2D eigenvalue weighted by molar-refractivity contribution is -0.129. The molecular formula is C32H38N2O4. The largest absolute Gasteiger partial charge is 0.488 e. The Morgan fingerprint density at radius 2 is 1.74 bits per heavy atom. The molecule has 5 rings (SSSR count). The number of carbonyl (C=O) groups excluding carboxylic acids is 1. The fourth-order valence-corrected chi connectivity index (χ4v) is 5.70. The van der Waals surface area contributed by atoms with Crippen LogP contribution < -0.4 is 15.4 Å². The Morgan fingerprint density at radius 3 is 2.50 bits per heavy atom. The van der Waals surface area contributed by atoms with E-state index in [2.05, 4.69) is 47.4 Å². The molecule has 0 bridgehead atoms. The van der Waals surface area contributed by atoms with Gasteiger partial charge in [-0.3, -0.25) is 4.79 Å². The van der Waals surface area contributed by atoms with Gasteiger partial charge in [0.05, 0.1) is 0 Å². The number of rotatable bonds is 9. The Hall–Kier alpha value is -3.35. The summed E-state index contributed by atoms with van der Waals surface area (Å²) in [5.41, 5.74) is 13.2. The Balaban J connectivity index is 1.41. The highest BCUT2D eigenvalue weighted by atomic mass is 16.5. The lowest BCUT2D eigenvalue weighted by atomic mass is 9.72. The molecule has 0 aliphatic carbocycles. The molecule has 3 aromatic rings. The van der Waals surface area contributed by atoms with Gasteiger partial charge in [-0.05, 0) is 90.6 Å². The van der Waals surface area contributed by atoms with Gasteiger partial charge in [-0.25, -0.2) is 0 Å². The number of hydrogen-bond acceptors (Lipinski definition) is 6. The Kier molecular flexibility index (Phi) is 8.30. The maximum absolute atomic E-state index is 10.7. The van der Waals surface area contributed by atoms with E-state index in [0.29, 0.717) is 18.5 Å². The molecule has 6 nitrogen and oxygen atoms in total. The number of hydrogen-bond donors (Lipinski definition) is 1. The second-order valence-electron chi connectivity index (χ2n) is 10.7. The summed E-state index contributed by atoms with van der Waals surface area (Å²) < 4.78 is 16.9. The van der Waals surface area contributed by atoms with Crippen molar-refractivity contribution in [3.63, 3.8) is 0 Å². The maximum Gasteiger partial charge on any atom is 0.293 e. The third kappa shape index (κ3) is 6.20. The minimum absolute atomic E-state index is 0.0243. The van der Waals surface area contributed by atoms with Gasteiger partial charge in [-0.2, -0.15) is 0 Å². The van der Waals surface area contributed by atoms with E-state index in [0.717, 1.165) is 59.9 Å². The van der Waals surface area contributed by atoms with Crippen LogP contribution in [0.25, 0.3) is 11.1 Å². The average molecular weight is 515 g/mol. The van der Waals surface area contributed by atoms with Crippen LogP contribution in [0.15, 0.2) is 66.7 Å². The van der Waals surface area contributed by atoms with E-state index in [1.807, 2.05) is 31.2 Å². The van der Waals surface area contributed by atoms with Crippen molar-refractivity contribution in [3.05, 3.63) is 83.4 Å². The van der Waals surface area contributed by atoms with E-state index in [-0.39, 0.29) is 12.6 Å². The van der Waals surface area contributed by atoms with Crippen LogP contribution in [0.2, 0.25) is 0 Å².